The van der Waals surface area contributed by atoms with Gasteiger partial charge in [-0.2, -0.15) is 0 Å². The number of aromatic amines is 1. The van der Waals surface area contributed by atoms with Gasteiger partial charge in [-0.25, -0.2) is 4.98 Å². The van der Waals surface area contributed by atoms with Crippen molar-refractivity contribution in [1.29, 1.82) is 0 Å². The number of nitrogens with zero attached hydrogens (tertiary/aromatic N) is 3. The van der Waals surface area contributed by atoms with Gasteiger partial charge in [0, 0.05) is 18.9 Å². The second kappa shape index (κ2) is 9.52. The zero-order valence-corrected chi connectivity index (χ0v) is 17.9. The monoisotopic (exact) mass is 439 g/mol. The summed E-state index contributed by atoms with van der Waals surface area (Å²) in [6.07, 6.45) is 1.21. The number of aromatic nitrogens is 4. The topological polar surface area (TPSA) is 115 Å². The Balaban J connectivity index is 1.29. The summed E-state index contributed by atoms with van der Waals surface area (Å²) in [6.45, 7) is 0. The van der Waals surface area contributed by atoms with Gasteiger partial charge in [-0.1, -0.05) is 23.9 Å². The maximum absolute atomic E-state index is 12.3. The van der Waals surface area contributed by atoms with E-state index in [1.165, 1.54) is 18.9 Å². The number of aryl methyl sites for hydroxylation is 2. The van der Waals surface area contributed by atoms with Crippen molar-refractivity contribution in [3.63, 3.8) is 0 Å². The van der Waals surface area contributed by atoms with E-state index in [1.54, 1.807) is 25.3 Å². The molecule has 0 aliphatic heterocycles. The van der Waals surface area contributed by atoms with Gasteiger partial charge < -0.3 is 24.2 Å². The van der Waals surface area contributed by atoms with E-state index in [1.807, 2.05) is 24.3 Å². The van der Waals surface area contributed by atoms with Crippen molar-refractivity contribution < 1.29 is 18.7 Å². The third-order valence-electron chi connectivity index (χ3n) is 4.47. The number of amides is 1. The number of carbonyl (C=O) groups is 1. The highest BCUT2D eigenvalue weighted by molar-refractivity contribution is 7.99. The number of thioether (sulfide) groups is 1. The van der Waals surface area contributed by atoms with Crippen LogP contribution in [0.1, 0.15) is 11.7 Å². The van der Waals surface area contributed by atoms with Crippen LogP contribution >= 0.6 is 11.8 Å². The fraction of sp³-hybridized carbons (Fsp3) is 0.238. The van der Waals surface area contributed by atoms with Crippen molar-refractivity contribution in [3.8, 4) is 11.5 Å². The average Bonchev–Trinajstić information content (AvgIpc) is 3.42. The highest BCUT2D eigenvalue weighted by atomic mass is 32.2. The fourth-order valence-corrected chi connectivity index (χ4v) is 3.55. The quantitative estimate of drug-likeness (QED) is 0.381. The molecule has 2 heterocycles. The Morgan fingerprint density at radius 2 is 2.00 bits per heavy atom. The van der Waals surface area contributed by atoms with Gasteiger partial charge in [0.25, 0.3) is 5.22 Å². The van der Waals surface area contributed by atoms with Crippen LogP contribution in [0.4, 0.5) is 5.69 Å². The summed E-state index contributed by atoms with van der Waals surface area (Å²) in [6, 6.07) is 13.1. The van der Waals surface area contributed by atoms with Crippen LogP contribution in [0.2, 0.25) is 0 Å². The minimum Gasteiger partial charge on any atom is -0.497 e. The SMILES string of the molecule is COc1ccc(OC)c(NC(=O)CSc2nnc(CCc3nc4ccccc4[nH]3)o2)c1. The van der Waals surface area contributed by atoms with Crippen LogP contribution in [0.25, 0.3) is 11.0 Å². The first-order chi connectivity index (χ1) is 15.1. The summed E-state index contributed by atoms with van der Waals surface area (Å²) in [7, 11) is 3.10. The number of ether oxygens (including phenoxy) is 2. The molecule has 0 fully saturated rings. The summed E-state index contributed by atoms with van der Waals surface area (Å²) in [5, 5.41) is 11.2. The Morgan fingerprint density at radius 1 is 1.13 bits per heavy atom. The molecule has 2 aromatic carbocycles. The number of imidazole rings is 1. The van der Waals surface area contributed by atoms with Crippen LogP contribution in [-0.4, -0.2) is 46.0 Å². The highest BCUT2D eigenvalue weighted by Crippen LogP contribution is 2.29. The average molecular weight is 439 g/mol. The molecule has 4 aromatic rings. The minimum atomic E-state index is -0.224. The number of hydrogen-bond donors (Lipinski definition) is 2. The molecule has 0 radical (unpaired) electrons. The molecule has 1 amide bonds. The first kappa shape index (κ1) is 20.7. The summed E-state index contributed by atoms with van der Waals surface area (Å²) in [4.78, 5) is 20.1. The second-order valence-electron chi connectivity index (χ2n) is 6.57. The molecule has 2 N–H and O–H groups in total. The molecule has 0 atom stereocenters. The number of hydrogen-bond acceptors (Lipinski definition) is 8. The van der Waals surface area contributed by atoms with Gasteiger partial charge in [0.05, 0.1) is 36.7 Å². The van der Waals surface area contributed by atoms with E-state index < -0.39 is 0 Å². The molecule has 0 aliphatic carbocycles. The van der Waals surface area contributed by atoms with Crippen LogP contribution < -0.4 is 14.8 Å². The molecule has 0 aliphatic rings. The molecule has 0 bridgehead atoms. The number of fused-ring (bicyclic) bond motifs is 1. The fourth-order valence-electron chi connectivity index (χ4n) is 2.97. The van der Waals surface area contributed by atoms with Crippen molar-refractivity contribution in [2.24, 2.45) is 0 Å². The van der Waals surface area contributed by atoms with Crippen molar-refractivity contribution in [3.05, 3.63) is 54.2 Å². The zero-order chi connectivity index (χ0) is 21.6. The largest absolute Gasteiger partial charge is 0.497 e. The summed E-state index contributed by atoms with van der Waals surface area (Å²) in [5.41, 5.74) is 2.46. The van der Waals surface area contributed by atoms with Gasteiger partial charge >= 0.3 is 0 Å². The van der Waals surface area contributed by atoms with E-state index in [2.05, 4.69) is 25.5 Å². The number of nitrogens with one attached hydrogen (secondary N) is 2. The molecular formula is C21H21N5O4S. The van der Waals surface area contributed by atoms with Crippen molar-refractivity contribution >= 4 is 34.4 Å². The summed E-state index contributed by atoms with van der Waals surface area (Å²) in [5.74, 6) is 2.42. The molecular weight excluding hydrogens is 418 g/mol. The number of carbonyl (C=O) groups excluding carboxylic acids is 1. The van der Waals surface area contributed by atoms with Crippen molar-refractivity contribution in [1.82, 2.24) is 20.2 Å². The summed E-state index contributed by atoms with van der Waals surface area (Å²) >= 11 is 1.17. The molecule has 10 heteroatoms. The molecule has 0 saturated heterocycles. The molecule has 9 nitrogen and oxygen atoms in total. The number of H-pyrrole nitrogens is 1. The molecule has 160 valence electrons. The predicted molar refractivity (Wildman–Crippen MR) is 117 cm³/mol. The highest BCUT2D eigenvalue weighted by Gasteiger charge is 2.13. The third kappa shape index (κ3) is 5.15. The van der Waals surface area contributed by atoms with E-state index >= 15 is 0 Å². The van der Waals surface area contributed by atoms with Crippen LogP contribution in [-0.2, 0) is 17.6 Å². The Hall–Kier alpha value is -3.53. The zero-order valence-electron chi connectivity index (χ0n) is 17.0. The Labute approximate surface area is 182 Å². The molecule has 4 rings (SSSR count). The predicted octanol–water partition coefficient (Wildman–Crippen LogP) is 3.48. The van der Waals surface area contributed by atoms with Gasteiger partial charge in [0.2, 0.25) is 11.8 Å². The number of benzene rings is 2. The third-order valence-corrected chi connectivity index (χ3v) is 5.29. The van der Waals surface area contributed by atoms with Gasteiger partial charge in [-0.05, 0) is 24.3 Å². The van der Waals surface area contributed by atoms with E-state index in [-0.39, 0.29) is 11.7 Å². The molecule has 31 heavy (non-hydrogen) atoms. The first-order valence-electron chi connectivity index (χ1n) is 9.55. The van der Waals surface area contributed by atoms with Crippen LogP contribution in [0, 0.1) is 0 Å². The van der Waals surface area contributed by atoms with Gasteiger partial charge in [-0.3, -0.25) is 4.79 Å². The maximum atomic E-state index is 12.3. The maximum Gasteiger partial charge on any atom is 0.277 e. The molecule has 0 saturated carbocycles. The minimum absolute atomic E-state index is 0.117. The lowest BCUT2D eigenvalue weighted by Crippen LogP contribution is -2.14. The Kier molecular flexibility index (Phi) is 6.37. The number of methoxy groups -OCH3 is 2. The van der Waals surface area contributed by atoms with Gasteiger partial charge in [0.1, 0.15) is 17.3 Å². The second-order valence-corrected chi connectivity index (χ2v) is 7.49. The standard InChI is InChI=1S/C21H21N5O4S/c1-28-13-7-8-17(29-2)16(11-13)24-19(27)12-31-21-26-25-20(30-21)10-9-18-22-14-5-3-4-6-15(14)23-18/h3-8,11H,9-10,12H2,1-2H3,(H,22,23)(H,24,27). The van der Waals surface area contributed by atoms with Crippen LogP contribution in [0.15, 0.2) is 52.1 Å². The molecule has 0 spiro atoms. The summed E-state index contributed by atoms with van der Waals surface area (Å²) < 4.78 is 16.1. The van der Waals surface area contributed by atoms with Crippen LogP contribution in [0.3, 0.4) is 0 Å². The van der Waals surface area contributed by atoms with E-state index in [9.17, 15) is 4.79 Å². The van der Waals surface area contributed by atoms with Crippen molar-refractivity contribution in [2.45, 2.75) is 18.1 Å². The van der Waals surface area contributed by atoms with E-state index in [0.717, 1.165) is 16.9 Å². The normalized spacial score (nSPS) is 10.9. The smallest absolute Gasteiger partial charge is 0.277 e. The lowest BCUT2D eigenvalue weighted by atomic mass is 10.2. The number of anilines is 1. The van der Waals surface area contributed by atoms with Crippen LogP contribution in [0.5, 0.6) is 11.5 Å². The van der Waals surface area contributed by atoms with Gasteiger partial charge in [0.15, 0.2) is 0 Å². The molecule has 2 aromatic heterocycles. The Bertz CT molecular complexity index is 1160. The van der Waals surface area contributed by atoms with Gasteiger partial charge in [-0.15, -0.1) is 10.2 Å². The lowest BCUT2D eigenvalue weighted by Gasteiger charge is -2.11. The number of rotatable bonds is 9. The van der Waals surface area contributed by atoms with Crippen molar-refractivity contribution in [2.75, 3.05) is 25.3 Å². The van der Waals surface area contributed by atoms with E-state index in [0.29, 0.717) is 41.1 Å². The Morgan fingerprint density at radius 3 is 2.81 bits per heavy atom. The molecule has 0 unspecified atom stereocenters. The lowest BCUT2D eigenvalue weighted by molar-refractivity contribution is -0.113. The first-order valence-corrected chi connectivity index (χ1v) is 10.5. The number of para-hydroxylation sites is 2. The van der Waals surface area contributed by atoms with E-state index in [4.69, 9.17) is 13.9 Å².